The minimum atomic E-state index is 1.10. The molecule has 0 spiro atoms. The summed E-state index contributed by atoms with van der Waals surface area (Å²) in [5.41, 5.74) is 6.03. The van der Waals surface area contributed by atoms with Gasteiger partial charge in [0, 0.05) is 24.4 Å². The first-order chi connectivity index (χ1) is 14.7. The van der Waals surface area contributed by atoms with E-state index in [0.717, 1.165) is 5.57 Å². The van der Waals surface area contributed by atoms with Crippen molar-refractivity contribution >= 4 is 39.6 Å². The van der Waals surface area contributed by atoms with E-state index in [0.29, 0.717) is 0 Å². The summed E-state index contributed by atoms with van der Waals surface area (Å²) in [7, 11) is 0. The molecule has 0 nitrogen and oxygen atoms in total. The van der Waals surface area contributed by atoms with Crippen molar-refractivity contribution in [1.29, 1.82) is 0 Å². The van der Waals surface area contributed by atoms with Gasteiger partial charge >= 0.3 is 0 Å². The van der Waals surface area contributed by atoms with Gasteiger partial charge in [0.15, 0.2) is 0 Å². The average Bonchev–Trinajstić information content (AvgIpc) is 3.55. The molecule has 0 aliphatic heterocycles. The van der Waals surface area contributed by atoms with E-state index in [1.807, 2.05) is 29.6 Å². The van der Waals surface area contributed by atoms with Crippen molar-refractivity contribution in [2.24, 2.45) is 0 Å². The van der Waals surface area contributed by atoms with E-state index in [2.05, 4.69) is 96.9 Å². The fourth-order valence-electron chi connectivity index (χ4n) is 3.42. The highest BCUT2D eigenvalue weighted by molar-refractivity contribution is 7.27. The summed E-state index contributed by atoms with van der Waals surface area (Å²) in [6.07, 6.45) is 0. The molecule has 0 saturated heterocycles. The van der Waals surface area contributed by atoms with Gasteiger partial charge in [0.05, 0.1) is 0 Å². The Morgan fingerprint density at radius 3 is 1.63 bits per heavy atom. The van der Waals surface area contributed by atoms with E-state index in [-0.39, 0.29) is 0 Å². The number of hydrogen-bond donors (Lipinski definition) is 0. The van der Waals surface area contributed by atoms with Crippen molar-refractivity contribution in [3.8, 4) is 41.1 Å². The molecule has 0 bridgehead atoms. The highest BCUT2D eigenvalue weighted by Crippen LogP contribution is 2.41. The molecule has 3 heteroatoms. The largest absolute Gasteiger partial charge is 0.143 e. The second-order valence-corrected chi connectivity index (χ2v) is 10.4. The van der Waals surface area contributed by atoms with Crippen LogP contribution in [0.1, 0.15) is 12.5 Å². The zero-order valence-corrected chi connectivity index (χ0v) is 19.0. The predicted molar refractivity (Wildman–Crippen MR) is 137 cm³/mol. The predicted octanol–water partition coefficient (Wildman–Crippen LogP) is 9.57. The van der Waals surface area contributed by atoms with Gasteiger partial charge in [-0.15, -0.1) is 34.0 Å². The van der Waals surface area contributed by atoms with Crippen LogP contribution < -0.4 is 0 Å². The Labute approximate surface area is 189 Å². The molecule has 0 aliphatic carbocycles. The standard InChI is InChI=1S/C27H20S3/c1-18(2)19-5-7-20(8-6-19)21-9-11-22(12-10-21)23-13-14-26(29-23)27-16-15-25(30-27)24-4-3-17-28-24/h3-17H,1H2,2H3. The van der Waals surface area contributed by atoms with Crippen LogP contribution >= 0.6 is 34.0 Å². The Hall–Kier alpha value is -2.72. The maximum Gasteiger partial charge on any atom is 0.0449 e. The molecule has 5 aromatic rings. The van der Waals surface area contributed by atoms with Gasteiger partial charge in [0.1, 0.15) is 0 Å². The second-order valence-electron chi connectivity index (χ2n) is 7.24. The van der Waals surface area contributed by atoms with Gasteiger partial charge in [0.2, 0.25) is 0 Å². The van der Waals surface area contributed by atoms with E-state index in [9.17, 15) is 0 Å². The van der Waals surface area contributed by atoms with Gasteiger partial charge < -0.3 is 0 Å². The lowest BCUT2D eigenvalue weighted by Crippen LogP contribution is -1.81. The van der Waals surface area contributed by atoms with E-state index < -0.39 is 0 Å². The Kier molecular flexibility index (Phi) is 5.26. The van der Waals surface area contributed by atoms with Crippen LogP contribution in [0.25, 0.3) is 46.6 Å². The first kappa shape index (κ1) is 19.3. The van der Waals surface area contributed by atoms with Gasteiger partial charge in [0.25, 0.3) is 0 Å². The van der Waals surface area contributed by atoms with Crippen molar-refractivity contribution in [2.45, 2.75) is 6.92 Å². The third kappa shape index (κ3) is 3.84. The Morgan fingerprint density at radius 2 is 1.07 bits per heavy atom. The summed E-state index contributed by atoms with van der Waals surface area (Å²) < 4.78 is 0. The molecule has 5 rings (SSSR count). The van der Waals surface area contributed by atoms with E-state index in [1.54, 1.807) is 11.3 Å². The van der Waals surface area contributed by atoms with Crippen LogP contribution in [0.2, 0.25) is 0 Å². The highest BCUT2D eigenvalue weighted by Gasteiger charge is 2.10. The average molecular weight is 441 g/mol. The lowest BCUT2D eigenvalue weighted by atomic mass is 10.0. The quantitative estimate of drug-likeness (QED) is 0.255. The molecular formula is C27H20S3. The molecule has 3 aromatic heterocycles. The van der Waals surface area contributed by atoms with Crippen molar-refractivity contribution < 1.29 is 0 Å². The Balaban J connectivity index is 1.37. The maximum atomic E-state index is 4.01. The van der Waals surface area contributed by atoms with E-state index >= 15 is 0 Å². The summed E-state index contributed by atoms with van der Waals surface area (Å²) in [5.74, 6) is 0. The summed E-state index contributed by atoms with van der Waals surface area (Å²) in [6, 6.07) is 30.8. The van der Waals surface area contributed by atoms with Gasteiger partial charge in [-0.3, -0.25) is 0 Å². The van der Waals surface area contributed by atoms with Crippen LogP contribution in [-0.4, -0.2) is 0 Å². The normalized spacial score (nSPS) is 11.0. The van der Waals surface area contributed by atoms with Crippen LogP contribution in [0, 0.1) is 0 Å². The molecule has 0 saturated carbocycles. The van der Waals surface area contributed by atoms with Gasteiger partial charge in [-0.05, 0) is 64.9 Å². The number of benzene rings is 2. The van der Waals surface area contributed by atoms with Crippen LogP contribution in [0.3, 0.4) is 0 Å². The molecule has 0 radical (unpaired) electrons. The number of hydrogen-bond acceptors (Lipinski definition) is 3. The van der Waals surface area contributed by atoms with Crippen LogP contribution in [0.15, 0.2) is 96.9 Å². The molecule has 146 valence electrons. The second kappa shape index (κ2) is 8.19. The van der Waals surface area contributed by atoms with Gasteiger partial charge in [-0.25, -0.2) is 0 Å². The van der Waals surface area contributed by atoms with Crippen molar-refractivity contribution in [1.82, 2.24) is 0 Å². The highest BCUT2D eigenvalue weighted by atomic mass is 32.1. The van der Waals surface area contributed by atoms with Crippen molar-refractivity contribution in [3.05, 3.63) is 102 Å². The molecule has 0 fully saturated rings. The number of thiophene rings is 3. The molecule has 3 heterocycles. The number of allylic oxidation sites excluding steroid dienone is 1. The van der Waals surface area contributed by atoms with E-state index in [4.69, 9.17) is 0 Å². The third-order valence-corrected chi connectivity index (χ3v) is 8.58. The summed E-state index contributed by atoms with van der Waals surface area (Å²) in [4.78, 5) is 6.66. The monoisotopic (exact) mass is 440 g/mol. The van der Waals surface area contributed by atoms with Crippen molar-refractivity contribution in [3.63, 3.8) is 0 Å². The molecule has 0 unspecified atom stereocenters. The minimum Gasteiger partial charge on any atom is -0.143 e. The lowest BCUT2D eigenvalue weighted by molar-refractivity contribution is 1.56. The molecule has 0 atom stereocenters. The molecule has 2 aromatic carbocycles. The van der Waals surface area contributed by atoms with Crippen LogP contribution in [0.4, 0.5) is 0 Å². The number of rotatable bonds is 5. The zero-order chi connectivity index (χ0) is 20.5. The maximum absolute atomic E-state index is 4.01. The fraction of sp³-hybridized carbons (Fsp3) is 0.0370. The Bertz CT molecular complexity index is 1280. The smallest absolute Gasteiger partial charge is 0.0449 e. The minimum absolute atomic E-state index is 1.10. The fourth-order valence-corrected chi connectivity index (χ4v) is 6.36. The van der Waals surface area contributed by atoms with E-state index in [1.165, 1.54) is 46.6 Å². The first-order valence-electron chi connectivity index (χ1n) is 9.78. The van der Waals surface area contributed by atoms with Crippen LogP contribution in [-0.2, 0) is 0 Å². The lowest BCUT2D eigenvalue weighted by Gasteiger charge is -2.05. The summed E-state index contributed by atoms with van der Waals surface area (Å²) in [6.45, 7) is 6.05. The third-order valence-electron chi connectivity index (χ3n) is 5.10. The SMILES string of the molecule is C=C(C)c1ccc(-c2ccc(-c3ccc(-c4ccc(-c5cccs5)s4)s3)cc2)cc1. The van der Waals surface area contributed by atoms with Gasteiger partial charge in [-0.2, -0.15) is 0 Å². The topological polar surface area (TPSA) is 0 Å². The van der Waals surface area contributed by atoms with Crippen LogP contribution in [0.5, 0.6) is 0 Å². The van der Waals surface area contributed by atoms with Gasteiger partial charge in [-0.1, -0.05) is 66.7 Å². The molecule has 30 heavy (non-hydrogen) atoms. The summed E-state index contributed by atoms with van der Waals surface area (Å²) >= 11 is 5.53. The first-order valence-corrected chi connectivity index (χ1v) is 12.3. The Morgan fingerprint density at radius 1 is 0.567 bits per heavy atom. The molecule has 0 aliphatic rings. The summed E-state index contributed by atoms with van der Waals surface area (Å²) in [5, 5.41) is 2.14. The zero-order valence-electron chi connectivity index (χ0n) is 16.6. The molecule has 0 N–H and O–H groups in total. The van der Waals surface area contributed by atoms with Crippen molar-refractivity contribution in [2.75, 3.05) is 0 Å². The molecular weight excluding hydrogens is 420 g/mol. The molecule has 0 amide bonds.